The Morgan fingerprint density at radius 3 is 2.63 bits per heavy atom. The molecule has 0 bridgehead atoms. The number of carbonyl (C=O) groups excluding carboxylic acids is 3. The van der Waals surface area contributed by atoms with Gasteiger partial charge in [-0.25, -0.2) is 4.79 Å². The highest BCUT2D eigenvalue weighted by Crippen LogP contribution is 2.20. The van der Waals surface area contributed by atoms with Gasteiger partial charge in [-0.1, -0.05) is 46.3 Å². The molecule has 2 aromatic rings. The molecule has 3 rings (SSSR count). The molecule has 140 valence electrons. The molecule has 1 heterocycles. The van der Waals surface area contributed by atoms with Gasteiger partial charge in [0.25, 0.3) is 5.91 Å². The number of benzene rings is 2. The summed E-state index contributed by atoms with van der Waals surface area (Å²) < 4.78 is 0.911. The Hall–Kier alpha value is -2.67. The van der Waals surface area contributed by atoms with Crippen molar-refractivity contribution >= 4 is 39.5 Å². The van der Waals surface area contributed by atoms with Gasteiger partial charge in [0.2, 0.25) is 5.91 Å². The van der Waals surface area contributed by atoms with E-state index in [1.807, 2.05) is 49.4 Å². The third-order valence-electron chi connectivity index (χ3n) is 4.44. The molecule has 1 atom stereocenters. The van der Waals surface area contributed by atoms with Crippen molar-refractivity contribution in [3.8, 4) is 0 Å². The van der Waals surface area contributed by atoms with Crippen LogP contribution in [0, 0.1) is 6.92 Å². The maximum absolute atomic E-state index is 12.5. The fourth-order valence-electron chi connectivity index (χ4n) is 2.98. The van der Waals surface area contributed by atoms with E-state index in [0.29, 0.717) is 18.5 Å². The zero-order valence-electron chi connectivity index (χ0n) is 14.9. The van der Waals surface area contributed by atoms with Crippen molar-refractivity contribution in [2.24, 2.45) is 0 Å². The quantitative estimate of drug-likeness (QED) is 0.691. The molecular weight excluding hydrogens is 410 g/mol. The lowest BCUT2D eigenvalue weighted by Crippen LogP contribution is -2.38. The number of rotatable bonds is 6. The van der Waals surface area contributed by atoms with Crippen LogP contribution in [0.4, 0.5) is 10.5 Å². The zero-order chi connectivity index (χ0) is 19.4. The number of aryl methyl sites for hydroxylation is 2. The average molecular weight is 430 g/mol. The summed E-state index contributed by atoms with van der Waals surface area (Å²) in [6, 6.07) is 14.1. The normalized spacial score (nSPS) is 16.4. The first-order chi connectivity index (χ1) is 12.9. The standard InChI is InChI=1S/C20H20BrN3O3/c1-13-11-15(21)8-10-16(13)22-18(25)12-24-19(26)17(23-20(24)27)9-7-14-5-3-2-4-6-14/h2-6,8,10-11,17H,7,9,12H2,1H3,(H,22,25)(H,23,27). The molecule has 0 spiro atoms. The Balaban J connectivity index is 1.57. The number of nitrogens with zero attached hydrogens (tertiary/aromatic N) is 1. The lowest BCUT2D eigenvalue weighted by Gasteiger charge is -2.14. The van der Waals surface area contributed by atoms with Crippen LogP contribution < -0.4 is 10.6 Å². The maximum Gasteiger partial charge on any atom is 0.325 e. The fourth-order valence-corrected chi connectivity index (χ4v) is 3.45. The molecule has 1 saturated heterocycles. The molecule has 4 amide bonds. The van der Waals surface area contributed by atoms with E-state index >= 15 is 0 Å². The number of hydrogen-bond donors (Lipinski definition) is 2. The first-order valence-corrected chi connectivity index (χ1v) is 9.45. The van der Waals surface area contributed by atoms with Crippen molar-refractivity contribution in [3.05, 3.63) is 64.1 Å². The molecule has 7 heteroatoms. The summed E-state index contributed by atoms with van der Waals surface area (Å²) in [7, 11) is 0. The number of amides is 4. The highest BCUT2D eigenvalue weighted by Gasteiger charge is 2.38. The Labute approximate surface area is 166 Å². The van der Waals surface area contributed by atoms with Crippen molar-refractivity contribution in [1.82, 2.24) is 10.2 Å². The smallest absolute Gasteiger partial charge is 0.325 e. The second kappa shape index (κ2) is 8.35. The molecule has 1 fully saturated rings. The van der Waals surface area contributed by atoms with Crippen LogP contribution in [0.5, 0.6) is 0 Å². The van der Waals surface area contributed by atoms with Crippen molar-refractivity contribution in [2.45, 2.75) is 25.8 Å². The van der Waals surface area contributed by atoms with E-state index in [1.54, 1.807) is 6.07 Å². The van der Waals surface area contributed by atoms with E-state index < -0.39 is 18.0 Å². The Morgan fingerprint density at radius 2 is 1.93 bits per heavy atom. The van der Waals surface area contributed by atoms with Gasteiger partial charge in [0, 0.05) is 10.2 Å². The second-order valence-electron chi connectivity index (χ2n) is 6.46. The molecule has 6 nitrogen and oxygen atoms in total. The van der Waals surface area contributed by atoms with Gasteiger partial charge in [-0.15, -0.1) is 0 Å². The van der Waals surface area contributed by atoms with Crippen molar-refractivity contribution < 1.29 is 14.4 Å². The summed E-state index contributed by atoms with van der Waals surface area (Å²) in [5.74, 6) is -0.772. The average Bonchev–Trinajstić information content (AvgIpc) is 2.91. The number of hydrogen-bond acceptors (Lipinski definition) is 3. The van der Waals surface area contributed by atoms with Crippen molar-refractivity contribution in [3.63, 3.8) is 0 Å². The van der Waals surface area contributed by atoms with Gasteiger partial charge in [-0.2, -0.15) is 0 Å². The summed E-state index contributed by atoms with van der Waals surface area (Å²) in [5.41, 5.74) is 2.63. The molecule has 1 aliphatic rings. The van der Waals surface area contributed by atoms with Gasteiger partial charge < -0.3 is 10.6 Å². The topological polar surface area (TPSA) is 78.5 Å². The van der Waals surface area contributed by atoms with E-state index in [4.69, 9.17) is 0 Å². The molecule has 2 N–H and O–H groups in total. The number of nitrogens with one attached hydrogen (secondary N) is 2. The van der Waals surface area contributed by atoms with E-state index in [-0.39, 0.29) is 12.5 Å². The third kappa shape index (κ3) is 4.74. The maximum atomic E-state index is 12.5. The van der Waals surface area contributed by atoms with Crippen LogP contribution in [0.1, 0.15) is 17.5 Å². The summed E-state index contributed by atoms with van der Waals surface area (Å²) in [5, 5.41) is 5.41. The van der Waals surface area contributed by atoms with Gasteiger partial charge in [0.05, 0.1) is 0 Å². The van der Waals surface area contributed by atoms with E-state index in [0.717, 1.165) is 20.5 Å². The zero-order valence-corrected chi connectivity index (χ0v) is 16.5. The summed E-state index contributed by atoms with van der Waals surface area (Å²) in [4.78, 5) is 37.9. The monoisotopic (exact) mass is 429 g/mol. The SMILES string of the molecule is Cc1cc(Br)ccc1NC(=O)CN1C(=O)NC(CCc2ccccc2)C1=O. The molecule has 0 aliphatic carbocycles. The Bertz CT molecular complexity index is 870. The minimum absolute atomic E-state index is 0.304. The van der Waals surface area contributed by atoms with Gasteiger partial charge in [0.15, 0.2) is 0 Å². The van der Waals surface area contributed by atoms with Crippen LogP contribution in [0.2, 0.25) is 0 Å². The lowest BCUT2D eigenvalue weighted by atomic mass is 10.1. The lowest BCUT2D eigenvalue weighted by molar-refractivity contribution is -0.130. The van der Waals surface area contributed by atoms with E-state index in [9.17, 15) is 14.4 Å². The molecule has 0 saturated carbocycles. The molecule has 2 aromatic carbocycles. The predicted molar refractivity (Wildman–Crippen MR) is 106 cm³/mol. The number of urea groups is 1. The van der Waals surface area contributed by atoms with Crippen LogP contribution >= 0.6 is 15.9 Å². The predicted octanol–water partition coefficient (Wildman–Crippen LogP) is 3.25. The van der Waals surface area contributed by atoms with Crippen LogP contribution in [0.15, 0.2) is 53.0 Å². The van der Waals surface area contributed by atoms with Gasteiger partial charge >= 0.3 is 6.03 Å². The number of imide groups is 1. The first kappa shape index (κ1) is 19.1. The third-order valence-corrected chi connectivity index (χ3v) is 4.93. The van der Waals surface area contributed by atoms with E-state index in [1.165, 1.54) is 0 Å². The largest absolute Gasteiger partial charge is 0.326 e. The van der Waals surface area contributed by atoms with Gasteiger partial charge in [-0.05, 0) is 49.1 Å². The van der Waals surface area contributed by atoms with E-state index in [2.05, 4.69) is 26.6 Å². The Morgan fingerprint density at radius 1 is 1.19 bits per heavy atom. The second-order valence-corrected chi connectivity index (χ2v) is 7.37. The van der Waals surface area contributed by atoms with Crippen LogP contribution in [0.25, 0.3) is 0 Å². The van der Waals surface area contributed by atoms with Gasteiger partial charge in [-0.3, -0.25) is 14.5 Å². The first-order valence-electron chi connectivity index (χ1n) is 8.66. The highest BCUT2D eigenvalue weighted by atomic mass is 79.9. The summed E-state index contributed by atoms with van der Waals surface area (Å²) >= 11 is 3.37. The highest BCUT2D eigenvalue weighted by molar-refractivity contribution is 9.10. The van der Waals surface area contributed by atoms with Crippen LogP contribution in [0.3, 0.4) is 0 Å². The molecule has 0 aromatic heterocycles. The summed E-state index contributed by atoms with van der Waals surface area (Å²) in [6.07, 6.45) is 1.17. The molecule has 1 unspecified atom stereocenters. The van der Waals surface area contributed by atoms with Crippen LogP contribution in [-0.2, 0) is 16.0 Å². The number of carbonyl (C=O) groups is 3. The molecule has 0 radical (unpaired) electrons. The molecular formula is C20H20BrN3O3. The minimum atomic E-state index is -0.597. The van der Waals surface area contributed by atoms with Crippen molar-refractivity contribution in [2.75, 3.05) is 11.9 Å². The summed E-state index contributed by atoms with van der Waals surface area (Å²) in [6.45, 7) is 1.57. The number of anilines is 1. The van der Waals surface area contributed by atoms with Crippen molar-refractivity contribution in [1.29, 1.82) is 0 Å². The Kier molecular flexibility index (Phi) is 5.91. The molecule has 1 aliphatic heterocycles. The van der Waals surface area contributed by atoms with Crippen LogP contribution in [-0.4, -0.2) is 35.3 Å². The van der Waals surface area contributed by atoms with Gasteiger partial charge in [0.1, 0.15) is 12.6 Å². The fraction of sp³-hybridized carbons (Fsp3) is 0.250. The minimum Gasteiger partial charge on any atom is -0.326 e. The molecule has 27 heavy (non-hydrogen) atoms. The number of halogens is 1.